The molecule has 122 valence electrons. The molecule has 8 nitrogen and oxygen atoms in total. The minimum atomic E-state index is -0.853. The Morgan fingerprint density at radius 2 is 1.60 bits per heavy atom. The predicted molar refractivity (Wildman–Crippen MR) is 85.5 cm³/mol. The van der Waals surface area contributed by atoms with Gasteiger partial charge >= 0.3 is 5.97 Å². The van der Waals surface area contributed by atoms with Crippen molar-refractivity contribution in [3.63, 3.8) is 0 Å². The summed E-state index contributed by atoms with van der Waals surface area (Å²) in [6.07, 6.45) is 4.40. The molecule has 0 aliphatic carbocycles. The molecule has 0 unspecified atom stereocenters. The highest BCUT2D eigenvalue weighted by Gasteiger charge is 2.39. The molecule has 0 saturated heterocycles. The number of amides is 2. The average Bonchev–Trinajstić information content (AvgIpc) is 3.23. The van der Waals surface area contributed by atoms with Gasteiger partial charge in [-0.15, -0.1) is 11.3 Å². The Balaban J connectivity index is 1.55. The summed E-state index contributed by atoms with van der Waals surface area (Å²) >= 11 is 1.00. The second-order valence-corrected chi connectivity index (χ2v) is 5.96. The summed E-state index contributed by atoms with van der Waals surface area (Å²) in [4.78, 5) is 53.9. The number of carbonyl (C=O) groups is 3. The predicted octanol–water partition coefficient (Wildman–Crippen LogP) is 1.97. The van der Waals surface area contributed by atoms with Crippen molar-refractivity contribution in [2.24, 2.45) is 0 Å². The van der Waals surface area contributed by atoms with Gasteiger partial charge in [-0.25, -0.2) is 19.7 Å². The van der Waals surface area contributed by atoms with E-state index in [0.29, 0.717) is 15.9 Å². The minimum absolute atomic E-state index is 0.124. The number of imide groups is 1. The van der Waals surface area contributed by atoms with E-state index < -0.39 is 17.8 Å². The summed E-state index contributed by atoms with van der Waals surface area (Å²) in [7, 11) is 0. The Bertz CT molecular complexity index is 967. The number of thiazole rings is 1. The number of fused-ring (bicyclic) bond motifs is 1. The second-order valence-electron chi connectivity index (χ2n) is 4.93. The van der Waals surface area contributed by atoms with E-state index in [1.54, 1.807) is 30.6 Å². The average molecular weight is 352 g/mol. The molecular weight excluding hydrogens is 344 g/mol. The molecule has 9 heteroatoms. The molecule has 3 aromatic rings. The highest BCUT2D eigenvalue weighted by atomic mass is 32.1. The van der Waals surface area contributed by atoms with E-state index >= 15 is 0 Å². The Labute approximate surface area is 144 Å². The second kappa shape index (κ2) is 5.87. The number of carbonyl (C=O) groups excluding carboxylic acids is 3. The molecule has 3 heterocycles. The molecule has 0 fully saturated rings. The maximum atomic E-state index is 12.2. The van der Waals surface area contributed by atoms with Gasteiger partial charge in [0.25, 0.3) is 11.8 Å². The smallest absolute Gasteiger partial charge is 0.323 e. The van der Waals surface area contributed by atoms with E-state index in [1.807, 2.05) is 0 Å². The van der Waals surface area contributed by atoms with Gasteiger partial charge in [0.1, 0.15) is 4.88 Å². The van der Waals surface area contributed by atoms with Crippen LogP contribution in [-0.2, 0) is 4.84 Å². The van der Waals surface area contributed by atoms with Crippen LogP contribution in [0.4, 0.5) is 0 Å². The normalized spacial score (nSPS) is 13.0. The van der Waals surface area contributed by atoms with Crippen molar-refractivity contribution in [2.45, 2.75) is 0 Å². The lowest BCUT2D eigenvalue weighted by atomic mass is 10.1. The Morgan fingerprint density at radius 1 is 0.960 bits per heavy atom. The van der Waals surface area contributed by atoms with E-state index in [0.717, 1.165) is 11.3 Å². The Hall–Kier alpha value is -3.46. The van der Waals surface area contributed by atoms with Gasteiger partial charge in [-0.3, -0.25) is 9.59 Å². The number of rotatable bonds is 3. The van der Waals surface area contributed by atoms with Crippen LogP contribution in [0.25, 0.3) is 10.8 Å². The quantitative estimate of drug-likeness (QED) is 0.664. The van der Waals surface area contributed by atoms with Gasteiger partial charge in [0.05, 0.1) is 17.3 Å². The van der Waals surface area contributed by atoms with Gasteiger partial charge in [-0.1, -0.05) is 17.2 Å². The van der Waals surface area contributed by atoms with E-state index in [4.69, 9.17) is 4.84 Å². The third kappa shape index (κ3) is 2.56. The van der Waals surface area contributed by atoms with E-state index in [-0.39, 0.29) is 16.0 Å². The highest BCUT2D eigenvalue weighted by molar-refractivity contribution is 7.16. The lowest BCUT2D eigenvalue weighted by Crippen LogP contribution is -2.32. The number of benzene rings is 1. The summed E-state index contributed by atoms with van der Waals surface area (Å²) in [5.74, 6) is -1.84. The summed E-state index contributed by atoms with van der Waals surface area (Å²) in [5.41, 5.74) is 0.394. The largest absolute Gasteiger partial charge is 0.375 e. The monoisotopic (exact) mass is 352 g/mol. The summed E-state index contributed by atoms with van der Waals surface area (Å²) in [6, 6.07) is 7.92. The molecule has 0 saturated carbocycles. The maximum Gasteiger partial charge on any atom is 0.375 e. The topological polar surface area (TPSA) is 102 Å². The first-order valence-corrected chi connectivity index (χ1v) is 7.90. The van der Waals surface area contributed by atoms with Crippen LogP contribution in [0.15, 0.2) is 48.9 Å². The molecule has 25 heavy (non-hydrogen) atoms. The van der Waals surface area contributed by atoms with E-state index in [2.05, 4.69) is 15.0 Å². The molecule has 0 radical (unpaired) electrons. The summed E-state index contributed by atoms with van der Waals surface area (Å²) in [6.45, 7) is 0. The van der Waals surface area contributed by atoms with Gasteiger partial charge in [0.15, 0.2) is 10.8 Å². The molecule has 2 aromatic heterocycles. The molecule has 0 atom stereocenters. The highest BCUT2D eigenvalue weighted by Crippen LogP contribution is 2.26. The van der Waals surface area contributed by atoms with Crippen molar-refractivity contribution in [2.75, 3.05) is 0 Å². The van der Waals surface area contributed by atoms with Gasteiger partial charge in [-0.05, 0) is 18.2 Å². The van der Waals surface area contributed by atoms with Gasteiger partial charge in [0.2, 0.25) is 0 Å². The Morgan fingerprint density at radius 3 is 2.24 bits per heavy atom. The fraction of sp³-hybridized carbons (Fsp3) is 0. The fourth-order valence-corrected chi connectivity index (χ4v) is 3.00. The van der Waals surface area contributed by atoms with Crippen LogP contribution in [0.2, 0.25) is 0 Å². The number of nitrogens with zero attached hydrogens (tertiary/aromatic N) is 4. The molecule has 4 rings (SSSR count). The molecule has 0 N–H and O–H groups in total. The van der Waals surface area contributed by atoms with Crippen LogP contribution in [0.1, 0.15) is 30.4 Å². The zero-order valence-electron chi connectivity index (χ0n) is 12.4. The van der Waals surface area contributed by atoms with Gasteiger partial charge in [0, 0.05) is 12.4 Å². The first-order valence-electron chi connectivity index (χ1n) is 7.08. The van der Waals surface area contributed by atoms with Crippen molar-refractivity contribution < 1.29 is 19.2 Å². The van der Waals surface area contributed by atoms with Crippen molar-refractivity contribution in [1.29, 1.82) is 0 Å². The fourth-order valence-electron chi connectivity index (χ4n) is 2.26. The van der Waals surface area contributed by atoms with Crippen LogP contribution in [-0.4, -0.2) is 37.8 Å². The lowest BCUT2D eigenvalue weighted by molar-refractivity contribution is -0.0581. The molecule has 0 bridgehead atoms. The lowest BCUT2D eigenvalue weighted by Gasteiger charge is -2.11. The molecule has 2 amide bonds. The van der Waals surface area contributed by atoms with Crippen LogP contribution >= 0.6 is 11.3 Å². The van der Waals surface area contributed by atoms with E-state index in [9.17, 15) is 14.4 Å². The van der Waals surface area contributed by atoms with Gasteiger partial charge in [-0.2, -0.15) is 0 Å². The number of hydroxylamine groups is 2. The zero-order valence-corrected chi connectivity index (χ0v) is 13.3. The van der Waals surface area contributed by atoms with Crippen molar-refractivity contribution in [3.8, 4) is 10.8 Å². The molecule has 1 aromatic carbocycles. The maximum absolute atomic E-state index is 12.2. The van der Waals surface area contributed by atoms with Gasteiger partial charge < -0.3 is 4.84 Å². The molecule has 1 aliphatic rings. The molecule has 0 spiro atoms. The van der Waals surface area contributed by atoms with Crippen LogP contribution in [0.5, 0.6) is 0 Å². The first kappa shape index (κ1) is 15.1. The standard InChI is InChI=1S/C16H8N4O4S/c21-14-9-4-1-2-5-10(9)15(22)20(14)24-16(23)11-8-19-13(25-11)12-17-6-3-7-18-12/h1-8H. The molecular formula is C16H8N4O4S. The van der Waals surface area contributed by atoms with Crippen molar-refractivity contribution >= 4 is 29.1 Å². The summed E-state index contributed by atoms with van der Waals surface area (Å²) < 4.78 is 0. The van der Waals surface area contributed by atoms with Crippen LogP contribution < -0.4 is 0 Å². The van der Waals surface area contributed by atoms with Crippen molar-refractivity contribution in [1.82, 2.24) is 20.0 Å². The van der Waals surface area contributed by atoms with Crippen molar-refractivity contribution in [3.05, 3.63) is 64.9 Å². The SMILES string of the molecule is O=C(ON1C(=O)c2ccccc2C1=O)c1cnc(-c2ncccn2)s1. The van der Waals surface area contributed by atoms with E-state index in [1.165, 1.54) is 18.3 Å². The third-order valence-corrected chi connectivity index (χ3v) is 4.37. The zero-order chi connectivity index (χ0) is 17.4. The number of aromatic nitrogens is 3. The molecule has 1 aliphatic heterocycles. The summed E-state index contributed by atoms with van der Waals surface area (Å²) in [5, 5.41) is 0.890. The number of hydrogen-bond acceptors (Lipinski definition) is 8. The minimum Gasteiger partial charge on any atom is -0.323 e. The number of hydrogen-bond donors (Lipinski definition) is 0. The van der Waals surface area contributed by atoms with Crippen LogP contribution in [0.3, 0.4) is 0 Å². The Kier molecular flexibility index (Phi) is 3.55. The first-order chi connectivity index (χ1) is 12.1. The van der Waals surface area contributed by atoms with Crippen LogP contribution in [0, 0.1) is 0 Å². The third-order valence-electron chi connectivity index (χ3n) is 3.39.